The first-order valence-corrected chi connectivity index (χ1v) is 7.80. The van der Waals surface area contributed by atoms with Gasteiger partial charge in [0.2, 0.25) is 5.91 Å². The molecule has 2 saturated carbocycles. The average Bonchev–Trinajstić information content (AvgIpc) is 3.29. The van der Waals surface area contributed by atoms with E-state index in [1.165, 1.54) is 12.8 Å². The lowest BCUT2D eigenvalue weighted by atomic mass is 9.95. The molecule has 1 amide bonds. The molecule has 1 aromatic heterocycles. The SMILES string of the molecule is C#CCC(NC(=O)C1(c2cncc(Br)c2)CC1)C1CC1. The van der Waals surface area contributed by atoms with Gasteiger partial charge in [-0.25, -0.2) is 0 Å². The van der Waals surface area contributed by atoms with Crippen molar-refractivity contribution in [2.45, 2.75) is 43.6 Å². The number of nitrogens with zero attached hydrogens (tertiary/aromatic N) is 1. The second kappa shape index (κ2) is 5.21. The molecule has 1 atom stereocenters. The number of nitrogens with one attached hydrogen (secondary N) is 1. The molecule has 0 aliphatic heterocycles. The minimum absolute atomic E-state index is 0.115. The molecule has 3 rings (SSSR count). The normalized spacial score (nSPS) is 20.8. The van der Waals surface area contributed by atoms with Crippen LogP contribution in [0.3, 0.4) is 0 Å². The number of carbonyl (C=O) groups excluding carboxylic acids is 1. The number of carbonyl (C=O) groups is 1. The van der Waals surface area contributed by atoms with E-state index < -0.39 is 0 Å². The quantitative estimate of drug-likeness (QED) is 0.842. The fourth-order valence-electron chi connectivity index (χ4n) is 2.71. The predicted molar refractivity (Wildman–Crippen MR) is 81.0 cm³/mol. The summed E-state index contributed by atoms with van der Waals surface area (Å²) in [6.07, 6.45) is 13.7. The van der Waals surface area contributed by atoms with Gasteiger partial charge >= 0.3 is 0 Å². The molecule has 1 heterocycles. The van der Waals surface area contributed by atoms with Crippen molar-refractivity contribution in [2.24, 2.45) is 5.92 Å². The van der Waals surface area contributed by atoms with E-state index in [0.717, 1.165) is 22.9 Å². The number of terminal acetylenes is 1. The van der Waals surface area contributed by atoms with Crippen molar-refractivity contribution < 1.29 is 4.79 Å². The molecular weight excluding hydrogens is 316 g/mol. The van der Waals surface area contributed by atoms with Crippen molar-refractivity contribution in [3.05, 3.63) is 28.5 Å². The summed E-state index contributed by atoms with van der Waals surface area (Å²) < 4.78 is 0.913. The molecule has 1 unspecified atom stereocenters. The van der Waals surface area contributed by atoms with Crippen LogP contribution in [-0.2, 0) is 10.2 Å². The number of amides is 1. The van der Waals surface area contributed by atoms with Gasteiger partial charge in [0.1, 0.15) is 0 Å². The highest BCUT2D eigenvalue weighted by Gasteiger charge is 2.52. The maximum absolute atomic E-state index is 12.6. The Balaban J connectivity index is 1.74. The topological polar surface area (TPSA) is 42.0 Å². The van der Waals surface area contributed by atoms with Crippen LogP contribution >= 0.6 is 15.9 Å². The molecule has 0 radical (unpaired) electrons. The van der Waals surface area contributed by atoms with E-state index in [1.807, 2.05) is 6.07 Å². The summed E-state index contributed by atoms with van der Waals surface area (Å²) in [7, 11) is 0. The Kier molecular flexibility index (Phi) is 3.55. The summed E-state index contributed by atoms with van der Waals surface area (Å²) in [5.74, 6) is 3.37. The fourth-order valence-corrected chi connectivity index (χ4v) is 3.08. The van der Waals surface area contributed by atoms with Crippen molar-refractivity contribution in [3.63, 3.8) is 0 Å². The zero-order valence-electron chi connectivity index (χ0n) is 11.2. The van der Waals surface area contributed by atoms with Crippen LogP contribution in [0.4, 0.5) is 0 Å². The molecule has 2 fully saturated rings. The van der Waals surface area contributed by atoms with Crippen molar-refractivity contribution >= 4 is 21.8 Å². The molecule has 0 bridgehead atoms. The van der Waals surface area contributed by atoms with Gasteiger partial charge in [0.15, 0.2) is 0 Å². The lowest BCUT2D eigenvalue weighted by Crippen LogP contribution is -2.42. The summed E-state index contributed by atoms with van der Waals surface area (Å²) in [5.41, 5.74) is 0.623. The fraction of sp³-hybridized carbons (Fsp3) is 0.500. The Morgan fingerprint density at radius 2 is 2.30 bits per heavy atom. The molecule has 2 aliphatic rings. The highest BCUT2D eigenvalue weighted by Crippen LogP contribution is 2.49. The maximum Gasteiger partial charge on any atom is 0.230 e. The van der Waals surface area contributed by atoms with Crippen LogP contribution in [0.1, 0.15) is 37.7 Å². The monoisotopic (exact) mass is 332 g/mol. The third-order valence-electron chi connectivity index (χ3n) is 4.29. The predicted octanol–water partition coefficient (Wildman–Crippen LogP) is 2.79. The van der Waals surface area contributed by atoms with E-state index in [-0.39, 0.29) is 17.4 Å². The standard InChI is InChI=1S/C16H17BrN2O/c1-2-3-14(11-4-5-11)19-15(20)16(6-7-16)12-8-13(17)10-18-9-12/h1,8-11,14H,3-7H2,(H,19,20). The first-order valence-electron chi connectivity index (χ1n) is 7.01. The lowest BCUT2D eigenvalue weighted by Gasteiger charge is -2.21. The van der Waals surface area contributed by atoms with Crippen LogP contribution in [0.5, 0.6) is 0 Å². The van der Waals surface area contributed by atoms with Crippen LogP contribution in [-0.4, -0.2) is 16.9 Å². The number of aromatic nitrogens is 1. The van der Waals surface area contributed by atoms with Crippen molar-refractivity contribution in [1.82, 2.24) is 10.3 Å². The average molecular weight is 333 g/mol. The summed E-state index contributed by atoms with van der Waals surface area (Å²) in [6.45, 7) is 0. The minimum Gasteiger partial charge on any atom is -0.351 e. The highest BCUT2D eigenvalue weighted by atomic mass is 79.9. The van der Waals surface area contributed by atoms with Gasteiger partial charge < -0.3 is 5.32 Å². The second-order valence-electron chi connectivity index (χ2n) is 5.80. The first kappa shape index (κ1) is 13.6. The van der Waals surface area contributed by atoms with E-state index in [1.54, 1.807) is 12.4 Å². The van der Waals surface area contributed by atoms with E-state index >= 15 is 0 Å². The minimum atomic E-state index is -0.376. The lowest BCUT2D eigenvalue weighted by molar-refractivity contribution is -0.124. The van der Waals surface area contributed by atoms with Gasteiger partial charge in [-0.1, -0.05) is 0 Å². The van der Waals surface area contributed by atoms with Crippen LogP contribution in [0.2, 0.25) is 0 Å². The molecule has 0 aromatic carbocycles. The zero-order valence-corrected chi connectivity index (χ0v) is 12.8. The van der Waals surface area contributed by atoms with E-state index in [0.29, 0.717) is 12.3 Å². The molecule has 2 aliphatic carbocycles. The molecule has 1 aromatic rings. The van der Waals surface area contributed by atoms with Gasteiger partial charge in [-0.3, -0.25) is 9.78 Å². The Morgan fingerprint density at radius 1 is 1.55 bits per heavy atom. The van der Waals surface area contributed by atoms with Gasteiger partial charge in [-0.05, 0) is 59.2 Å². The summed E-state index contributed by atoms with van der Waals surface area (Å²) >= 11 is 3.42. The summed E-state index contributed by atoms with van der Waals surface area (Å²) in [6, 6.07) is 2.14. The van der Waals surface area contributed by atoms with Gasteiger partial charge in [-0.15, -0.1) is 12.3 Å². The summed E-state index contributed by atoms with van der Waals surface area (Å²) in [4.78, 5) is 16.8. The number of rotatable bonds is 5. The van der Waals surface area contributed by atoms with E-state index in [4.69, 9.17) is 6.42 Å². The highest BCUT2D eigenvalue weighted by molar-refractivity contribution is 9.10. The van der Waals surface area contributed by atoms with Crippen LogP contribution in [0.25, 0.3) is 0 Å². The zero-order chi connectivity index (χ0) is 14.2. The Labute approximate surface area is 127 Å². The van der Waals surface area contributed by atoms with Crippen LogP contribution in [0.15, 0.2) is 22.9 Å². The maximum atomic E-state index is 12.6. The van der Waals surface area contributed by atoms with Gasteiger partial charge in [0.25, 0.3) is 0 Å². The van der Waals surface area contributed by atoms with Crippen LogP contribution in [0, 0.1) is 18.3 Å². The van der Waals surface area contributed by atoms with Crippen molar-refractivity contribution in [3.8, 4) is 12.3 Å². The molecule has 4 heteroatoms. The van der Waals surface area contributed by atoms with Gasteiger partial charge in [-0.2, -0.15) is 0 Å². The number of pyridine rings is 1. The van der Waals surface area contributed by atoms with Gasteiger partial charge in [0, 0.05) is 29.3 Å². The third kappa shape index (κ3) is 2.60. The Bertz CT molecular complexity index is 570. The molecule has 20 heavy (non-hydrogen) atoms. The Morgan fingerprint density at radius 3 is 2.85 bits per heavy atom. The molecule has 104 valence electrons. The van der Waals surface area contributed by atoms with E-state index in [2.05, 4.69) is 32.2 Å². The molecule has 0 saturated heterocycles. The first-order chi connectivity index (χ1) is 9.65. The van der Waals surface area contributed by atoms with Crippen LogP contribution < -0.4 is 5.32 Å². The number of hydrogen-bond donors (Lipinski definition) is 1. The van der Waals surface area contributed by atoms with E-state index in [9.17, 15) is 4.79 Å². The molecular formula is C16H17BrN2O. The number of hydrogen-bond acceptors (Lipinski definition) is 2. The van der Waals surface area contributed by atoms with Gasteiger partial charge in [0.05, 0.1) is 5.41 Å². The smallest absolute Gasteiger partial charge is 0.230 e. The summed E-state index contributed by atoms with van der Waals surface area (Å²) in [5, 5.41) is 3.18. The molecule has 0 spiro atoms. The third-order valence-corrected chi connectivity index (χ3v) is 4.72. The number of halogens is 1. The Hall–Kier alpha value is -1.34. The van der Waals surface area contributed by atoms with Crippen molar-refractivity contribution in [2.75, 3.05) is 0 Å². The second-order valence-corrected chi connectivity index (χ2v) is 6.72. The largest absolute Gasteiger partial charge is 0.351 e. The molecule has 1 N–H and O–H groups in total. The van der Waals surface area contributed by atoms with Crippen molar-refractivity contribution in [1.29, 1.82) is 0 Å². The molecule has 3 nitrogen and oxygen atoms in total.